The quantitative estimate of drug-likeness (QED) is 0.682. The molecule has 150 valence electrons. The molecule has 29 heavy (non-hydrogen) atoms. The van der Waals surface area contributed by atoms with Gasteiger partial charge in [-0.3, -0.25) is 4.79 Å². The first-order valence-corrected chi connectivity index (χ1v) is 9.97. The highest BCUT2D eigenvalue weighted by atomic mass is 35.5. The third-order valence-corrected chi connectivity index (χ3v) is 6.19. The van der Waals surface area contributed by atoms with Crippen molar-refractivity contribution in [2.45, 2.75) is 31.6 Å². The molecule has 0 saturated carbocycles. The van der Waals surface area contributed by atoms with E-state index in [4.69, 9.17) is 32.4 Å². The lowest BCUT2D eigenvalue weighted by Crippen LogP contribution is -2.36. The molecule has 0 unspecified atom stereocenters. The van der Waals surface area contributed by atoms with Crippen LogP contribution in [0.5, 0.6) is 0 Å². The van der Waals surface area contributed by atoms with Crippen LogP contribution in [0.3, 0.4) is 0 Å². The van der Waals surface area contributed by atoms with Gasteiger partial charge in [-0.15, -0.1) is 0 Å². The number of ether oxygens (including phenoxy) is 1. The van der Waals surface area contributed by atoms with Crippen LogP contribution >= 0.6 is 23.2 Å². The number of dihydropyridines is 1. The minimum absolute atomic E-state index is 0.0369. The fourth-order valence-electron chi connectivity index (χ4n) is 4.17. The molecule has 0 fully saturated rings. The van der Waals surface area contributed by atoms with Crippen molar-refractivity contribution in [2.75, 3.05) is 7.11 Å². The van der Waals surface area contributed by atoms with Gasteiger partial charge in [0, 0.05) is 35.2 Å². The highest BCUT2D eigenvalue weighted by Crippen LogP contribution is 2.46. The van der Waals surface area contributed by atoms with Crippen LogP contribution in [0.2, 0.25) is 10.0 Å². The molecule has 1 aromatic carbocycles. The Labute approximate surface area is 178 Å². The van der Waals surface area contributed by atoms with E-state index in [1.807, 2.05) is 19.1 Å². The van der Waals surface area contributed by atoms with Crippen molar-refractivity contribution < 1.29 is 18.7 Å². The van der Waals surface area contributed by atoms with Gasteiger partial charge in [-0.25, -0.2) is 4.79 Å². The van der Waals surface area contributed by atoms with Gasteiger partial charge in [0.2, 0.25) is 0 Å². The summed E-state index contributed by atoms with van der Waals surface area (Å²) < 4.78 is 10.5. The highest BCUT2D eigenvalue weighted by molar-refractivity contribution is 6.42. The lowest BCUT2D eigenvalue weighted by atomic mass is 9.72. The van der Waals surface area contributed by atoms with Crippen LogP contribution in [0.15, 0.2) is 63.6 Å². The number of ketones is 1. The van der Waals surface area contributed by atoms with Gasteiger partial charge in [0.1, 0.15) is 5.76 Å². The second-order valence-electron chi connectivity index (χ2n) is 7.20. The number of methoxy groups -OCH3 is 1. The topological polar surface area (TPSA) is 68.5 Å². The molecule has 5 nitrogen and oxygen atoms in total. The highest BCUT2D eigenvalue weighted by Gasteiger charge is 2.41. The Hall–Kier alpha value is -2.50. The maximum atomic E-state index is 13.3. The lowest BCUT2D eigenvalue weighted by molar-refractivity contribution is -0.136. The Morgan fingerprint density at radius 1 is 1.21 bits per heavy atom. The molecule has 1 aromatic heterocycles. The van der Waals surface area contributed by atoms with E-state index in [2.05, 4.69) is 5.32 Å². The Bertz CT molecular complexity index is 1050. The lowest BCUT2D eigenvalue weighted by Gasteiger charge is -2.36. The van der Waals surface area contributed by atoms with Gasteiger partial charge < -0.3 is 14.5 Å². The molecule has 2 atom stereocenters. The number of hydrogen-bond donors (Lipinski definition) is 1. The molecule has 1 N–H and O–H groups in total. The van der Waals surface area contributed by atoms with Crippen molar-refractivity contribution in [1.82, 2.24) is 5.32 Å². The minimum atomic E-state index is -0.571. The van der Waals surface area contributed by atoms with Crippen molar-refractivity contribution in [2.24, 2.45) is 0 Å². The molecule has 4 rings (SSSR count). The van der Waals surface area contributed by atoms with E-state index in [-0.39, 0.29) is 11.7 Å². The zero-order valence-electron chi connectivity index (χ0n) is 15.9. The number of halogens is 2. The number of carbonyl (C=O) groups is 2. The molecule has 0 amide bonds. The predicted molar refractivity (Wildman–Crippen MR) is 110 cm³/mol. The summed E-state index contributed by atoms with van der Waals surface area (Å²) in [6.07, 6.45) is 2.52. The van der Waals surface area contributed by atoms with Crippen LogP contribution in [0, 0.1) is 0 Å². The van der Waals surface area contributed by atoms with E-state index in [1.165, 1.54) is 7.11 Å². The van der Waals surface area contributed by atoms with Gasteiger partial charge >= 0.3 is 5.97 Å². The first-order valence-electron chi connectivity index (χ1n) is 9.21. The van der Waals surface area contributed by atoms with Crippen LogP contribution < -0.4 is 5.32 Å². The molecular formula is C22H19Cl2NO4. The van der Waals surface area contributed by atoms with Crippen molar-refractivity contribution in [1.29, 1.82) is 0 Å². The Morgan fingerprint density at radius 2 is 2.00 bits per heavy atom. The van der Waals surface area contributed by atoms with E-state index in [0.29, 0.717) is 39.7 Å². The molecule has 0 radical (unpaired) electrons. The van der Waals surface area contributed by atoms with Crippen molar-refractivity contribution in [3.05, 3.63) is 80.5 Å². The van der Waals surface area contributed by atoms with Gasteiger partial charge in [-0.05, 0) is 43.2 Å². The van der Waals surface area contributed by atoms with Crippen LogP contribution in [-0.2, 0) is 14.3 Å². The normalized spacial score (nSPS) is 21.7. The summed E-state index contributed by atoms with van der Waals surface area (Å²) in [6.45, 7) is 1.81. The predicted octanol–water partition coefficient (Wildman–Crippen LogP) is 5.12. The van der Waals surface area contributed by atoms with E-state index in [0.717, 1.165) is 17.0 Å². The summed E-state index contributed by atoms with van der Waals surface area (Å²) in [5.74, 6) is -0.369. The van der Waals surface area contributed by atoms with Crippen molar-refractivity contribution in [3.63, 3.8) is 0 Å². The molecule has 7 heteroatoms. The number of Topliss-reactive ketones (excluding diaryl/α,β-unsaturated/α-hetero) is 1. The third-order valence-electron chi connectivity index (χ3n) is 5.46. The summed E-state index contributed by atoms with van der Waals surface area (Å²) in [6, 6.07) is 8.86. The zero-order chi connectivity index (χ0) is 20.7. The summed E-state index contributed by atoms with van der Waals surface area (Å²) >= 11 is 12.3. The van der Waals surface area contributed by atoms with Crippen LogP contribution in [0.1, 0.15) is 42.9 Å². The molecule has 1 aliphatic carbocycles. The number of hydrogen-bond acceptors (Lipinski definition) is 5. The summed E-state index contributed by atoms with van der Waals surface area (Å²) in [7, 11) is 1.33. The Balaban J connectivity index is 1.84. The monoisotopic (exact) mass is 431 g/mol. The van der Waals surface area contributed by atoms with E-state index < -0.39 is 11.9 Å². The average molecular weight is 432 g/mol. The molecule has 0 bridgehead atoms. The summed E-state index contributed by atoms with van der Waals surface area (Å²) in [5.41, 5.74) is 3.13. The summed E-state index contributed by atoms with van der Waals surface area (Å²) in [5, 5.41) is 4.04. The SMILES string of the molecule is COC(=O)C1=C(C)NC2=C(C(=O)C[C@@H](c3ccco3)C2)[C@H]1c1ccc(Cl)c(Cl)c1. The van der Waals surface area contributed by atoms with Crippen LogP contribution in [0.4, 0.5) is 0 Å². The van der Waals surface area contributed by atoms with E-state index in [1.54, 1.807) is 24.5 Å². The molecule has 2 heterocycles. The van der Waals surface area contributed by atoms with Crippen LogP contribution in [0.25, 0.3) is 0 Å². The van der Waals surface area contributed by atoms with Crippen molar-refractivity contribution in [3.8, 4) is 0 Å². The zero-order valence-corrected chi connectivity index (χ0v) is 17.4. The molecule has 2 aliphatic rings. The molecule has 2 aromatic rings. The fraction of sp³-hybridized carbons (Fsp3) is 0.273. The second kappa shape index (κ2) is 7.73. The van der Waals surface area contributed by atoms with E-state index >= 15 is 0 Å². The maximum absolute atomic E-state index is 13.3. The average Bonchev–Trinajstić information content (AvgIpc) is 3.23. The van der Waals surface area contributed by atoms with Gasteiger partial charge in [0.15, 0.2) is 5.78 Å². The minimum Gasteiger partial charge on any atom is -0.469 e. The standard InChI is InChI=1S/C22H19Cl2NO4/c1-11-19(22(27)28-2)20(12-5-6-14(23)15(24)8-12)21-16(25-11)9-13(10-17(21)26)18-4-3-7-29-18/h3-8,13,20,25H,9-10H2,1-2H3/t13-,20-/m0/s1. The van der Waals surface area contributed by atoms with Gasteiger partial charge in [-0.2, -0.15) is 0 Å². The molecule has 0 spiro atoms. The molecule has 1 aliphatic heterocycles. The van der Waals surface area contributed by atoms with Crippen molar-refractivity contribution >= 4 is 35.0 Å². The van der Waals surface area contributed by atoms with Gasteiger partial charge in [0.05, 0.1) is 29.0 Å². The Kier molecular flexibility index (Phi) is 5.28. The number of esters is 1. The third kappa shape index (κ3) is 3.49. The first kappa shape index (κ1) is 19.8. The largest absolute Gasteiger partial charge is 0.469 e. The number of nitrogens with one attached hydrogen (secondary N) is 1. The number of allylic oxidation sites excluding steroid dienone is 3. The van der Waals surface area contributed by atoms with Crippen LogP contribution in [-0.4, -0.2) is 18.9 Å². The number of benzene rings is 1. The molecule has 0 saturated heterocycles. The number of carbonyl (C=O) groups excluding carboxylic acids is 2. The first-order chi connectivity index (χ1) is 13.9. The fourth-order valence-corrected chi connectivity index (χ4v) is 4.48. The van der Waals surface area contributed by atoms with E-state index in [9.17, 15) is 9.59 Å². The van der Waals surface area contributed by atoms with Gasteiger partial charge in [0.25, 0.3) is 0 Å². The smallest absolute Gasteiger partial charge is 0.336 e. The second-order valence-corrected chi connectivity index (χ2v) is 8.01. The maximum Gasteiger partial charge on any atom is 0.336 e. The van der Waals surface area contributed by atoms with Gasteiger partial charge in [-0.1, -0.05) is 29.3 Å². The number of furan rings is 1. The summed E-state index contributed by atoms with van der Waals surface area (Å²) in [4.78, 5) is 25.9. The number of rotatable bonds is 3. The molecular weight excluding hydrogens is 413 g/mol. The Morgan fingerprint density at radius 3 is 2.66 bits per heavy atom.